The molecule has 2 rings (SSSR count). The van der Waals surface area contributed by atoms with Crippen molar-refractivity contribution in [2.45, 2.75) is 39.3 Å². The van der Waals surface area contributed by atoms with E-state index < -0.39 is 0 Å². The van der Waals surface area contributed by atoms with Crippen LogP contribution >= 0.6 is 0 Å². The number of hydrogen-bond donors (Lipinski definition) is 2. The van der Waals surface area contributed by atoms with E-state index in [-0.39, 0.29) is 6.04 Å². The molecule has 0 saturated carbocycles. The van der Waals surface area contributed by atoms with Crippen molar-refractivity contribution in [3.8, 4) is 0 Å². The van der Waals surface area contributed by atoms with E-state index in [1.807, 2.05) is 11.6 Å². The summed E-state index contributed by atoms with van der Waals surface area (Å²) in [6.45, 7) is 6.68. The number of nitrogens with one attached hydrogen (secondary N) is 1. The van der Waals surface area contributed by atoms with Crippen molar-refractivity contribution in [2.24, 2.45) is 11.8 Å². The van der Waals surface area contributed by atoms with E-state index in [1.165, 1.54) is 5.69 Å². The van der Waals surface area contributed by atoms with Gasteiger partial charge in [0.15, 0.2) is 0 Å². The number of hydrazine groups is 1. The van der Waals surface area contributed by atoms with E-state index in [2.05, 4.69) is 23.5 Å². The maximum absolute atomic E-state index is 5.74. The van der Waals surface area contributed by atoms with Gasteiger partial charge in [-0.15, -0.1) is 0 Å². The average Bonchev–Trinajstić information content (AvgIpc) is 2.73. The van der Waals surface area contributed by atoms with Crippen molar-refractivity contribution in [2.75, 3.05) is 13.2 Å². The lowest BCUT2D eigenvalue weighted by Gasteiger charge is -2.30. The fraction of sp³-hybridized carbons (Fsp3) is 0.750. The Morgan fingerprint density at radius 2 is 2.29 bits per heavy atom. The van der Waals surface area contributed by atoms with Crippen molar-refractivity contribution < 1.29 is 4.74 Å². The molecule has 1 aromatic rings. The summed E-state index contributed by atoms with van der Waals surface area (Å²) in [5, 5.41) is 4.48. The van der Waals surface area contributed by atoms with Crippen LogP contribution in [0.25, 0.3) is 0 Å². The molecule has 0 aliphatic carbocycles. The van der Waals surface area contributed by atoms with Crippen molar-refractivity contribution in [3.63, 3.8) is 0 Å². The smallest absolute Gasteiger partial charge is 0.0659 e. The van der Waals surface area contributed by atoms with Crippen LogP contribution in [0, 0.1) is 12.8 Å². The topological polar surface area (TPSA) is 65.1 Å². The van der Waals surface area contributed by atoms with Gasteiger partial charge in [-0.05, 0) is 38.7 Å². The van der Waals surface area contributed by atoms with Crippen molar-refractivity contribution in [1.82, 2.24) is 15.2 Å². The summed E-state index contributed by atoms with van der Waals surface area (Å²) in [5.74, 6) is 6.27. The molecular formula is C12H22N4O. The highest BCUT2D eigenvalue weighted by Gasteiger charge is 2.27. The largest absolute Gasteiger partial charge is 0.381 e. The van der Waals surface area contributed by atoms with Gasteiger partial charge in [-0.1, -0.05) is 0 Å². The number of rotatable bonds is 4. The minimum Gasteiger partial charge on any atom is -0.381 e. The Bertz CT molecular complexity index is 357. The van der Waals surface area contributed by atoms with Crippen molar-refractivity contribution in [1.29, 1.82) is 0 Å². The zero-order chi connectivity index (χ0) is 12.3. The molecule has 5 nitrogen and oxygen atoms in total. The zero-order valence-corrected chi connectivity index (χ0v) is 10.6. The van der Waals surface area contributed by atoms with Crippen LogP contribution in [0.2, 0.25) is 0 Å². The normalized spacial score (nSPS) is 19.5. The zero-order valence-electron chi connectivity index (χ0n) is 10.6. The minimum absolute atomic E-state index is 0.181. The molecule has 0 amide bonds. The second-order valence-corrected chi connectivity index (χ2v) is 4.62. The van der Waals surface area contributed by atoms with Crippen LogP contribution in [0.15, 0.2) is 6.07 Å². The lowest BCUT2D eigenvalue weighted by Crippen LogP contribution is -2.37. The van der Waals surface area contributed by atoms with Gasteiger partial charge in [0.2, 0.25) is 0 Å². The van der Waals surface area contributed by atoms with E-state index in [9.17, 15) is 0 Å². The lowest BCUT2D eigenvalue weighted by molar-refractivity contribution is 0.0524. The van der Waals surface area contributed by atoms with Crippen LogP contribution in [0.5, 0.6) is 0 Å². The first-order valence-electron chi connectivity index (χ1n) is 6.34. The first kappa shape index (κ1) is 12.5. The van der Waals surface area contributed by atoms with E-state index in [0.29, 0.717) is 5.92 Å². The highest BCUT2D eigenvalue weighted by atomic mass is 16.5. The summed E-state index contributed by atoms with van der Waals surface area (Å²) in [7, 11) is 0. The van der Waals surface area contributed by atoms with Crippen LogP contribution in [-0.4, -0.2) is 23.0 Å². The number of nitrogens with two attached hydrogens (primary N) is 1. The molecule has 1 unspecified atom stereocenters. The predicted molar refractivity (Wildman–Crippen MR) is 66.2 cm³/mol. The van der Waals surface area contributed by atoms with Gasteiger partial charge in [-0.25, -0.2) is 0 Å². The summed E-state index contributed by atoms with van der Waals surface area (Å²) in [5.41, 5.74) is 5.20. The molecule has 2 heterocycles. The number of aryl methyl sites for hydroxylation is 2. The summed E-state index contributed by atoms with van der Waals surface area (Å²) < 4.78 is 7.44. The molecule has 3 N–H and O–H groups in total. The molecule has 1 saturated heterocycles. The maximum atomic E-state index is 5.74. The van der Waals surface area contributed by atoms with Crippen LogP contribution in [0.3, 0.4) is 0 Å². The highest BCUT2D eigenvalue weighted by molar-refractivity contribution is 5.14. The van der Waals surface area contributed by atoms with Gasteiger partial charge in [0.05, 0.1) is 17.4 Å². The third kappa shape index (κ3) is 2.68. The summed E-state index contributed by atoms with van der Waals surface area (Å²) >= 11 is 0. The second-order valence-electron chi connectivity index (χ2n) is 4.62. The van der Waals surface area contributed by atoms with Crippen molar-refractivity contribution in [3.05, 3.63) is 17.5 Å². The Morgan fingerprint density at radius 3 is 2.88 bits per heavy atom. The van der Waals surface area contributed by atoms with Gasteiger partial charge in [-0.2, -0.15) is 5.10 Å². The Kier molecular flexibility index (Phi) is 4.15. The Labute approximate surface area is 102 Å². The number of aromatic nitrogens is 2. The molecule has 1 atom stereocenters. The van der Waals surface area contributed by atoms with Gasteiger partial charge in [0.25, 0.3) is 0 Å². The number of ether oxygens (including phenoxy) is 1. The molecule has 96 valence electrons. The lowest BCUT2D eigenvalue weighted by atomic mass is 9.90. The molecule has 0 spiro atoms. The van der Waals surface area contributed by atoms with Crippen LogP contribution < -0.4 is 11.3 Å². The van der Waals surface area contributed by atoms with E-state index in [1.54, 1.807) is 0 Å². The average molecular weight is 238 g/mol. The van der Waals surface area contributed by atoms with E-state index in [0.717, 1.165) is 38.3 Å². The standard InChI is InChI=1S/C12H22N4O/c1-3-16-11(8-9(2)15-16)12(14-13)10-4-6-17-7-5-10/h8,10,12,14H,3-7,13H2,1-2H3. The quantitative estimate of drug-likeness (QED) is 0.610. The molecule has 5 heteroatoms. The minimum atomic E-state index is 0.181. The van der Waals surface area contributed by atoms with E-state index >= 15 is 0 Å². The monoisotopic (exact) mass is 238 g/mol. The second kappa shape index (κ2) is 5.62. The first-order chi connectivity index (χ1) is 8.26. The molecule has 1 aliphatic heterocycles. The maximum Gasteiger partial charge on any atom is 0.0659 e. The first-order valence-corrected chi connectivity index (χ1v) is 6.34. The molecule has 17 heavy (non-hydrogen) atoms. The Morgan fingerprint density at radius 1 is 1.59 bits per heavy atom. The SMILES string of the molecule is CCn1nc(C)cc1C(NN)C1CCOCC1. The summed E-state index contributed by atoms with van der Waals surface area (Å²) in [6, 6.07) is 2.31. The third-order valence-corrected chi connectivity index (χ3v) is 3.47. The fourth-order valence-corrected chi connectivity index (χ4v) is 2.58. The van der Waals surface area contributed by atoms with E-state index in [4.69, 9.17) is 10.6 Å². The molecule has 0 radical (unpaired) electrons. The van der Waals surface area contributed by atoms with Crippen LogP contribution in [0.4, 0.5) is 0 Å². The fourth-order valence-electron chi connectivity index (χ4n) is 2.58. The molecule has 1 fully saturated rings. The predicted octanol–water partition coefficient (Wildman–Crippen LogP) is 1.14. The molecule has 1 aromatic heterocycles. The van der Waals surface area contributed by atoms with Gasteiger partial charge in [-0.3, -0.25) is 16.0 Å². The van der Waals surface area contributed by atoms with Gasteiger partial charge in [0.1, 0.15) is 0 Å². The van der Waals surface area contributed by atoms with Gasteiger partial charge >= 0.3 is 0 Å². The van der Waals surface area contributed by atoms with Gasteiger partial charge < -0.3 is 4.74 Å². The summed E-state index contributed by atoms with van der Waals surface area (Å²) in [4.78, 5) is 0. The van der Waals surface area contributed by atoms with Crippen LogP contribution in [-0.2, 0) is 11.3 Å². The van der Waals surface area contributed by atoms with Gasteiger partial charge in [0, 0.05) is 19.8 Å². The molecule has 0 aromatic carbocycles. The number of hydrogen-bond acceptors (Lipinski definition) is 4. The highest BCUT2D eigenvalue weighted by Crippen LogP contribution is 2.29. The Balaban J connectivity index is 2.20. The number of nitrogens with zero attached hydrogens (tertiary/aromatic N) is 2. The third-order valence-electron chi connectivity index (χ3n) is 3.47. The van der Waals surface area contributed by atoms with Crippen LogP contribution in [0.1, 0.15) is 37.2 Å². The molecule has 0 bridgehead atoms. The molecular weight excluding hydrogens is 216 g/mol. The Hall–Kier alpha value is -0.910. The summed E-state index contributed by atoms with van der Waals surface area (Å²) in [6.07, 6.45) is 2.12. The van der Waals surface area contributed by atoms with Crippen molar-refractivity contribution >= 4 is 0 Å². The molecule has 1 aliphatic rings.